The van der Waals surface area contributed by atoms with Gasteiger partial charge in [-0.3, -0.25) is 9.59 Å². The van der Waals surface area contributed by atoms with Gasteiger partial charge in [-0.25, -0.2) is 4.98 Å². The predicted molar refractivity (Wildman–Crippen MR) is 98.5 cm³/mol. The minimum atomic E-state index is -4.67. The van der Waals surface area contributed by atoms with Crippen molar-refractivity contribution in [3.8, 4) is 11.6 Å². The number of nitrogens with zero attached hydrogens (tertiary/aromatic N) is 1. The highest BCUT2D eigenvalue weighted by atomic mass is 79.9. The molecule has 28 heavy (non-hydrogen) atoms. The van der Waals surface area contributed by atoms with Crippen LogP contribution in [0.25, 0.3) is 0 Å². The SMILES string of the molecule is O=C(Nc1cc(C(F)(F)F)c[nH]c1=O)c1cccnc1Oc1ccc(Br)cc1. The molecule has 0 saturated carbocycles. The van der Waals surface area contributed by atoms with E-state index in [0.717, 1.165) is 4.47 Å². The van der Waals surface area contributed by atoms with E-state index in [2.05, 4.69) is 26.2 Å². The van der Waals surface area contributed by atoms with Gasteiger partial charge in [0, 0.05) is 16.9 Å². The maximum absolute atomic E-state index is 12.8. The fourth-order valence-corrected chi connectivity index (χ4v) is 2.45. The third-order valence-corrected chi connectivity index (χ3v) is 4.05. The number of carbonyl (C=O) groups is 1. The molecule has 2 heterocycles. The van der Waals surface area contributed by atoms with Gasteiger partial charge in [0.15, 0.2) is 0 Å². The monoisotopic (exact) mass is 453 g/mol. The van der Waals surface area contributed by atoms with Gasteiger partial charge in [-0.1, -0.05) is 15.9 Å². The van der Waals surface area contributed by atoms with E-state index in [9.17, 15) is 22.8 Å². The van der Waals surface area contributed by atoms with Crippen LogP contribution in [-0.2, 0) is 6.18 Å². The molecule has 2 N–H and O–H groups in total. The molecule has 0 unspecified atom stereocenters. The minimum absolute atomic E-state index is 0.0535. The number of nitrogens with one attached hydrogen (secondary N) is 2. The third-order valence-electron chi connectivity index (χ3n) is 3.52. The van der Waals surface area contributed by atoms with Crippen LogP contribution in [0.2, 0.25) is 0 Å². The predicted octanol–water partition coefficient (Wildman–Crippen LogP) is 4.60. The Morgan fingerprint density at radius 3 is 2.57 bits per heavy atom. The number of alkyl halides is 3. The fraction of sp³-hybridized carbons (Fsp3) is 0.0556. The molecule has 0 saturated heterocycles. The Morgan fingerprint density at radius 2 is 1.89 bits per heavy atom. The van der Waals surface area contributed by atoms with E-state index in [0.29, 0.717) is 18.0 Å². The Bertz CT molecular complexity index is 1070. The van der Waals surface area contributed by atoms with Gasteiger partial charge in [0.1, 0.15) is 17.0 Å². The van der Waals surface area contributed by atoms with Crippen molar-refractivity contribution in [2.45, 2.75) is 6.18 Å². The first-order valence-electron chi connectivity index (χ1n) is 7.74. The second-order valence-electron chi connectivity index (χ2n) is 5.50. The van der Waals surface area contributed by atoms with Crippen LogP contribution in [0.1, 0.15) is 15.9 Å². The highest BCUT2D eigenvalue weighted by molar-refractivity contribution is 9.10. The second kappa shape index (κ2) is 7.85. The molecule has 6 nitrogen and oxygen atoms in total. The summed E-state index contributed by atoms with van der Waals surface area (Å²) in [4.78, 5) is 30.2. The number of aromatic nitrogens is 2. The fourth-order valence-electron chi connectivity index (χ4n) is 2.19. The van der Waals surface area contributed by atoms with E-state index in [1.165, 1.54) is 18.3 Å². The zero-order valence-electron chi connectivity index (χ0n) is 13.9. The molecule has 0 spiro atoms. The van der Waals surface area contributed by atoms with Crippen molar-refractivity contribution >= 4 is 27.5 Å². The van der Waals surface area contributed by atoms with E-state index in [-0.39, 0.29) is 11.4 Å². The lowest BCUT2D eigenvalue weighted by molar-refractivity contribution is -0.137. The van der Waals surface area contributed by atoms with Crippen LogP contribution in [-0.4, -0.2) is 15.9 Å². The van der Waals surface area contributed by atoms with Crippen molar-refractivity contribution in [2.75, 3.05) is 5.32 Å². The molecular weight excluding hydrogens is 443 g/mol. The topological polar surface area (TPSA) is 84.1 Å². The third kappa shape index (κ3) is 4.58. The molecule has 2 aromatic heterocycles. The number of carbonyl (C=O) groups excluding carboxylic acids is 1. The number of aromatic amines is 1. The number of H-pyrrole nitrogens is 1. The first-order chi connectivity index (χ1) is 13.2. The van der Waals surface area contributed by atoms with E-state index < -0.39 is 28.9 Å². The molecule has 3 rings (SSSR count). The molecule has 0 atom stereocenters. The zero-order valence-corrected chi connectivity index (χ0v) is 15.5. The summed E-state index contributed by atoms with van der Waals surface area (Å²) in [6.07, 6.45) is -2.75. The average molecular weight is 454 g/mol. The molecule has 0 aliphatic rings. The van der Waals surface area contributed by atoms with Crippen molar-refractivity contribution in [1.29, 1.82) is 0 Å². The van der Waals surface area contributed by atoms with Gasteiger partial charge < -0.3 is 15.0 Å². The summed E-state index contributed by atoms with van der Waals surface area (Å²) in [5, 5.41) is 2.16. The van der Waals surface area contributed by atoms with Gasteiger partial charge in [-0.15, -0.1) is 0 Å². The Morgan fingerprint density at radius 1 is 1.18 bits per heavy atom. The quantitative estimate of drug-likeness (QED) is 0.604. The summed E-state index contributed by atoms with van der Waals surface area (Å²) < 4.78 is 44.9. The van der Waals surface area contributed by atoms with Gasteiger partial charge in [0.05, 0.1) is 5.56 Å². The standard InChI is InChI=1S/C18H11BrF3N3O3/c19-11-3-5-12(6-4-11)28-17-13(2-1-7-23-17)15(26)25-14-8-10(18(20,21)22)9-24-16(14)27/h1-9H,(H,24,27)(H,25,26). The first-order valence-corrected chi connectivity index (χ1v) is 8.53. The molecule has 0 bridgehead atoms. The molecule has 0 fully saturated rings. The lowest BCUT2D eigenvalue weighted by atomic mass is 10.2. The summed E-state index contributed by atoms with van der Waals surface area (Å²) in [7, 11) is 0. The molecule has 10 heteroatoms. The van der Waals surface area contributed by atoms with E-state index in [1.807, 2.05) is 4.98 Å². The number of halogens is 4. The zero-order chi connectivity index (χ0) is 20.3. The summed E-state index contributed by atoms with van der Waals surface area (Å²) in [5.74, 6) is -0.511. The molecule has 1 amide bonds. The lowest BCUT2D eigenvalue weighted by Gasteiger charge is -2.11. The van der Waals surface area contributed by atoms with E-state index >= 15 is 0 Å². The van der Waals surface area contributed by atoms with Gasteiger partial charge in [0.25, 0.3) is 11.5 Å². The number of ether oxygens (including phenoxy) is 1. The minimum Gasteiger partial charge on any atom is -0.438 e. The first kappa shape index (κ1) is 19.6. The largest absolute Gasteiger partial charge is 0.438 e. The van der Waals surface area contributed by atoms with Gasteiger partial charge in [0.2, 0.25) is 5.88 Å². The van der Waals surface area contributed by atoms with Crippen molar-refractivity contribution in [2.24, 2.45) is 0 Å². The summed E-state index contributed by atoms with van der Waals surface area (Å²) in [6, 6.07) is 10.1. The Kier molecular flexibility index (Phi) is 5.50. The number of rotatable bonds is 4. The summed E-state index contributed by atoms with van der Waals surface area (Å²) in [6.45, 7) is 0. The molecule has 1 aromatic carbocycles. The van der Waals surface area contributed by atoms with Crippen LogP contribution in [0.15, 0.2) is 64.1 Å². The van der Waals surface area contributed by atoms with Crippen molar-refractivity contribution < 1.29 is 22.7 Å². The normalized spacial score (nSPS) is 11.1. The molecule has 0 aliphatic carbocycles. The van der Waals surface area contributed by atoms with Crippen molar-refractivity contribution in [1.82, 2.24) is 9.97 Å². The van der Waals surface area contributed by atoms with Crippen LogP contribution in [0.5, 0.6) is 11.6 Å². The summed E-state index contributed by atoms with van der Waals surface area (Å²) in [5.41, 5.74) is -2.57. The molecule has 144 valence electrons. The number of pyridine rings is 2. The number of benzene rings is 1. The Balaban J connectivity index is 1.88. The number of amides is 1. The lowest BCUT2D eigenvalue weighted by Crippen LogP contribution is -2.22. The van der Waals surface area contributed by atoms with Crippen LogP contribution >= 0.6 is 15.9 Å². The average Bonchev–Trinajstić information content (AvgIpc) is 2.65. The molecule has 3 aromatic rings. The Labute approximate surface area is 164 Å². The van der Waals surface area contributed by atoms with E-state index in [1.54, 1.807) is 24.3 Å². The summed E-state index contributed by atoms with van der Waals surface area (Å²) >= 11 is 3.28. The maximum Gasteiger partial charge on any atom is 0.417 e. The highest BCUT2D eigenvalue weighted by Gasteiger charge is 2.31. The molecule has 0 aliphatic heterocycles. The number of anilines is 1. The number of hydrogen-bond acceptors (Lipinski definition) is 4. The van der Waals surface area contributed by atoms with Gasteiger partial charge in [-0.05, 0) is 42.5 Å². The highest BCUT2D eigenvalue weighted by Crippen LogP contribution is 2.29. The van der Waals surface area contributed by atoms with Gasteiger partial charge >= 0.3 is 6.18 Å². The van der Waals surface area contributed by atoms with Crippen LogP contribution in [0.4, 0.5) is 18.9 Å². The Hall–Kier alpha value is -3.14. The van der Waals surface area contributed by atoms with Crippen molar-refractivity contribution in [3.05, 3.63) is 80.8 Å². The second-order valence-corrected chi connectivity index (χ2v) is 6.41. The van der Waals surface area contributed by atoms with Gasteiger partial charge in [-0.2, -0.15) is 13.2 Å². The van der Waals surface area contributed by atoms with Crippen LogP contribution < -0.4 is 15.6 Å². The maximum atomic E-state index is 12.8. The number of hydrogen-bond donors (Lipinski definition) is 2. The van der Waals surface area contributed by atoms with E-state index in [4.69, 9.17) is 4.74 Å². The van der Waals surface area contributed by atoms with Crippen LogP contribution in [0, 0.1) is 0 Å². The van der Waals surface area contributed by atoms with Crippen LogP contribution in [0.3, 0.4) is 0 Å². The molecule has 0 radical (unpaired) electrons. The molecular formula is C18H11BrF3N3O3. The van der Waals surface area contributed by atoms with Crippen molar-refractivity contribution in [3.63, 3.8) is 0 Å². The smallest absolute Gasteiger partial charge is 0.417 e.